The van der Waals surface area contributed by atoms with Gasteiger partial charge in [-0.15, -0.1) is 0 Å². The highest BCUT2D eigenvalue weighted by Gasteiger charge is 2.17. The predicted molar refractivity (Wildman–Crippen MR) is 77.3 cm³/mol. The molecule has 1 heterocycles. The van der Waals surface area contributed by atoms with Crippen LogP contribution in [0.2, 0.25) is 0 Å². The molecule has 0 amide bonds. The first-order valence-electron chi connectivity index (χ1n) is 6.44. The zero-order valence-corrected chi connectivity index (χ0v) is 11.1. The van der Waals surface area contributed by atoms with E-state index in [-0.39, 0.29) is 0 Å². The van der Waals surface area contributed by atoms with Crippen molar-refractivity contribution in [1.82, 2.24) is 10.4 Å². The molecule has 21 heavy (non-hydrogen) atoms. The van der Waals surface area contributed by atoms with Crippen LogP contribution in [-0.4, -0.2) is 4.98 Å². The van der Waals surface area contributed by atoms with Crippen LogP contribution in [0.5, 0.6) is 0 Å². The van der Waals surface area contributed by atoms with Gasteiger partial charge in [0.05, 0.1) is 6.04 Å². The van der Waals surface area contributed by atoms with E-state index in [0.29, 0.717) is 5.56 Å². The summed E-state index contributed by atoms with van der Waals surface area (Å²) in [5.41, 5.74) is 3.99. The van der Waals surface area contributed by atoms with Crippen molar-refractivity contribution in [1.29, 1.82) is 0 Å². The van der Waals surface area contributed by atoms with Gasteiger partial charge in [-0.1, -0.05) is 30.3 Å². The fourth-order valence-electron chi connectivity index (χ4n) is 2.43. The highest BCUT2D eigenvalue weighted by atomic mass is 19.2. The number of hydrazine groups is 1. The van der Waals surface area contributed by atoms with Crippen molar-refractivity contribution >= 4 is 10.8 Å². The van der Waals surface area contributed by atoms with Crippen molar-refractivity contribution < 1.29 is 8.78 Å². The second kappa shape index (κ2) is 5.55. The highest BCUT2D eigenvalue weighted by Crippen LogP contribution is 2.28. The van der Waals surface area contributed by atoms with Crippen LogP contribution in [0.15, 0.2) is 54.9 Å². The Morgan fingerprint density at radius 3 is 2.57 bits per heavy atom. The van der Waals surface area contributed by atoms with Gasteiger partial charge in [0.1, 0.15) is 0 Å². The number of pyridine rings is 1. The van der Waals surface area contributed by atoms with Gasteiger partial charge in [0, 0.05) is 23.3 Å². The molecule has 3 N–H and O–H groups in total. The number of nitrogens with one attached hydrogen (secondary N) is 1. The van der Waals surface area contributed by atoms with Crippen molar-refractivity contribution in [3.05, 3.63) is 77.6 Å². The first-order valence-corrected chi connectivity index (χ1v) is 6.44. The Morgan fingerprint density at radius 2 is 1.81 bits per heavy atom. The molecule has 1 atom stereocenters. The molecule has 0 radical (unpaired) electrons. The second-order valence-corrected chi connectivity index (χ2v) is 4.72. The maximum atomic E-state index is 13.4. The molecule has 1 aromatic heterocycles. The Bertz CT molecular complexity index is 784. The second-order valence-electron chi connectivity index (χ2n) is 4.72. The normalized spacial score (nSPS) is 12.5. The molecular weight excluding hydrogens is 272 g/mol. The minimum atomic E-state index is -0.902. The molecule has 0 saturated heterocycles. The molecule has 0 saturated carbocycles. The summed E-state index contributed by atoms with van der Waals surface area (Å²) in [4.78, 5) is 4.18. The molecule has 0 aliphatic carbocycles. The molecule has 0 aliphatic heterocycles. The Hall–Kier alpha value is -2.37. The Balaban J connectivity index is 2.16. The van der Waals surface area contributed by atoms with Gasteiger partial charge in [-0.2, -0.15) is 0 Å². The van der Waals surface area contributed by atoms with Gasteiger partial charge in [0.25, 0.3) is 0 Å². The highest BCUT2D eigenvalue weighted by molar-refractivity contribution is 5.85. The number of nitrogens with two attached hydrogens (primary N) is 1. The Kier molecular flexibility index (Phi) is 3.60. The minimum absolute atomic E-state index is 0.473. The molecule has 0 spiro atoms. The molecule has 3 nitrogen and oxygen atoms in total. The summed E-state index contributed by atoms with van der Waals surface area (Å²) in [7, 11) is 0. The quantitative estimate of drug-likeness (QED) is 0.574. The van der Waals surface area contributed by atoms with Crippen LogP contribution in [0.3, 0.4) is 0 Å². The summed E-state index contributed by atoms with van der Waals surface area (Å²) in [6.45, 7) is 0. The summed E-state index contributed by atoms with van der Waals surface area (Å²) in [6.07, 6.45) is 3.42. The summed E-state index contributed by atoms with van der Waals surface area (Å²) in [6, 6.07) is 11.0. The fourth-order valence-corrected chi connectivity index (χ4v) is 2.43. The average molecular weight is 285 g/mol. The standard InChI is InChI=1S/C16H13F2N3/c17-14-6-5-10(7-15(14)18)16(21-19)13-9-20-8-11-3-1-2-4-12(11)13/h1-9,16,21H,19H2. The molecule has 0 fully saturated rings. The van der Waals surface area contributed by atoms with Crippen LogP contribution in [0, 0.1) is 11.6 Å². The number of hydrogen-bond acceptors (Lipinski definition) is 3. The van der Waals surface area contributed by atoms with Crippen LogP contribution in [-0.2, 0) is 0 Å². The van der Waals surface area contributed by atoms with Gasteiger partial charge in [0.15, 0.2) is 11.6 Å². The Morgan fingerprint density at radius 1 is 1.00 bits per heavy atom. The largest absolute Gasteiger partial charge is 0.271 e. The topological polar surface area (TPSA) is 50.9 Å². The Labute approximate surface area is 120 Å². The van der Waals surface area contributed by atoms with E-state index < -0.39 is 17.7 Å². The molecule has 1 unspecified atom stereocenters. The number of benzene rings is 2. The monoisotopic (exact) mass is 285 g/mol. The summed E-state index contributed by atoms with van der Waals surface area (Å²) < 4.78 is 26.5. The number of aromatic nitrogens is 1. The smallest absolute Gasteiger partial charge is 0.159 e. The average Bonchev–Trinajstić information content (AvgIpc) is 2.52. The summed E-state index contributed by atoms with van der Waals surface area (Å²) >= 11 is 0. The lowest BCUT2D eigenvalue weighted by Crippen LogP contribution is -2.29. The molecule has 106 valence electrons. The third-order valence-corrected chi connectivity index (χ3v) is 3.45. The minimum Gasteiger partial charge on any atom is -0.271 e. The molecule has 3 aromatic rings. The number of halogens is 2. The van der Waals surface area contributed by atoms with Gasteiger partial charge in [0.2, 0.25) is 0 Å². The first kappa shape index (κ1) is 13.6. The van der Waals surface area contributed by atoms with Crippen LogP contribution in [0.4, 0.5) is 8.78 Å². The van der Waals surface area contributed by atoms with E-state index in [0.717, 1.165) is 28.5 Å². The maximum Gasteiger partial charge on any atom is 0.159 e. The van der Waals surface area contributed by atoms with E-state index in [1.807, 2.05) is 24.3 Å². The van der Waals surface area contributed by atoms with E-state index >= 15 is 0 Å². The lowest BCUT2D eigenvalue weighted by atomic mass is 9.96. The molecule has 2 aromatic carbocycles. The van der Waals surface area contributed by atoms with Crippen molar-refractivity contribution in [3.63, 3.8) is 0 Å². The third kappa shape index (κ3) is 2.49. The van der Waals surface area contributed by atoms with E-state index in [1.54, 1.807) is 12.4 Å². The van der Waals surface area contributed by atoms with Gasteiger partial charge < -0.3 is 0 Å². The van der Waals surface area contributed by atoms with Crippen molar-refractivity contribution in [3.8, 4) is 0 Å². The zero-order chi connectivity index (χ0) is 14.8. The molecule has 5 heteroatoms. The van der Waals surface area contributed by atoms with Crippen molar-refractivity contribution in [2.75, 3.05) is 0 Å². The van der Waals surface area contributed by atoms with Gasteiger partial charge in [-0.05, 0) is 23.1 Å². The van der Waals surface area contributed by atoms with E-state index in [1.165, 1.54) is 6.07 Å². The van der Waals surface area contributed by atoms with Crippen LogP contribution >= 0.6 is 0 Å². The molecular formula is C16H13F2N3. The van der Waals surface area contributed by atoms with Gasteiger partial charge >= 0.3 is 0 Å². The van der Waals surface area contributed by atoms with Crippen LogP contribution in [0.25, 0.3) is 10.8 Å². The number of hydrogen-bond donors (Lipinski definition) is 2. The predicted octanol–water partition coefficient (Wildman–Crippen LogP) is 3.07. The van der Waals surface area contributed by atoms with Gasteiger partial charge in [-0.25, -0.2) is 14.2 Å². The van der Waals surface area contributed by atoms with Crippen molar-refractivity contribution in [2.24, 2.45) is 5.84 Å². The lowest BCUT2D eigenvalue weighted by Gasteiger charge is -2.18. The van der Waals surface area contributed by atoms with E-state index in [2.05, 4.69) is 10.4 Å². The van der Waals surface area contributed by atoms with Crippen LogP contribution in [0.1, 0.15) is 17.2 Å². The number of rotatable bonds is 3. The van der Waals surface area contributed by atoms with Gasteiger partial charge in [-0.3, -0.25) is 10.8 Å². The lowest BCUT2D eigenvalue weighted by molar-refractivity contribution is 0.504. The molecule has 3 rings (SSSR count). The third-order valence-electron chi connectivity index (χ3n) is 3.45. The van der Waals surface area contributed by atoms with Crippen molar-refractivity contribution in [2.45, 2.75) is 6.04 Å². The fraction of sp³-hybridized carbons (Fsp3) is 0.0625. The number of nitrogens with zero attached hydrogens (tertiary/aromatic N) is 1. The van der Waals surface area contributed by atoms with E-state index in [9.17, 15) is 8.78 Å². The summed E-state index contributed by atoms with van der Waals surface area (Å²) in [5, 5.41) is 1.91. The number of fused-ring (bicyclic) bond motifs is 1. The van der Waals surface area contributed by atoms with E-state index in [4.69, 9.17) is 5.84 Å². The van der Waals surface area contributed by atoms with Crippen LogP contribution < -0.4 is 11.3 Å². The molecule has 0 bridgehead atoms. The molecule has 0 aliphatic rings. The maximum absolute atomic E-state index is 13.4. The SMILES string of the molecule is NNC(c1ccc(F)c(F)c1)c1cncc2ccccc12. The zero-order valence-electron chi connectivity index (χ0n) is 11.1. The summed E-state index contributed by atoms with van der Waals surface area (Å²) in [5.74, 6) is 3.84. The first-order chi connectivity index (χ1) is 10.2.